The average Bonchev–Trinajstić information content (AvgIpc) is 2.76. The Balaban J connectivity index is 1.99. The normalized spacial score (nSPS) is 10.4. The van der Waals surface area contributed by atoms with Crippen LogP contribution in [0.3, 0.4) is 0 Å². The van der Waals surface area contributed by atoms with Gasteiger partial charge in [0.25, 0.3) is 0 Å². The van der Waals surface area contributed by atoms with Gasteiger partial charge in [0.15, 0.2) is 0 Å². The molecule has 0 aliphatic rings. The molecule has 2 heterocycles. The van der Waals surface area contributed by atoms with Crippen LogP contribution >= 0.6 is 22.9 Å². The summed E-state index contributed by atoms with van der Waals surface area (Å²) in [5, 5.41) is 6.08. The van der Waals surface area contributed by atoms with Crippen molar-refractivity contribution in [3.63, 3.8) is 0 Å². The van der Waals surface area contributed by atoms with Gasteiger partial charge in [0, 0.05) is 11.1 Å². The maximum Gasteiger partial charge on any atom is 0.126 e. The molecule has 0 atom stereocenters. The molecular formula is C12H13ClN2S. The van der Waals surface area contributed by atoms with Crippen molar-refractivity contribution in [2.24, 2.45) is 0 Å². The predicted octanol–water partition coefficient (Wildman–Crippen LogP) is 3.97. The average molecular weight is 253 g/mol. The van der Waals surface area contributed by atoms with Gasteiger partial charge in [-0.3, -0.25) is 0 Å². The first-order valence-corrected chi connectivity index (χ1v) is 6.46. The van der Waals surface area contributed by atoms with Crippen LogP contribution in [0.4, 0.5) is 5.82 Å². The standard InChI is InChI=1S/C12H13ClN2S/c1-2-9-5-6-16-11(9)8-15-12-4-3-10(13)7-14-12/h3-7H,2,8H2,1H3,(H,14,15). The molecule has 0 aromatic carbocycles. The van der Waals surface area contributed by atoms with Gasteiger partial charge in [0.1, 0.15) is 5.82 Å². The number of rotatable bonds is 4. The van der Waals surface area contributed by atoms with Gasteiger partial charge in [0.05, 0.1) is 11.6 Å². The molecular weight excluding hydrogens is 240 g/mol. The van der Waals surface area contributed by atoms with Crippen molar-refractivity contribution >= 4 is 28.8 Å². The number of hydrogen-bond acceptors (Lipinski definition) is 3. The third-order valence-electron chi connectivity index (χ3n) is 2.38. The molecule has 0 radical (unpaired) electrons. The topological polar surface area (TPSA) is 24.9 Å². The first-order chi connectivity index (χ1) is 7.79. The van der Waals surface area contributed by atoms with Crippen LogP contribution in [0.15, 0.2) is 29.8 Å². The number of anilines is 1. The summed E-state index contributed by atoms with van der Waals surface area (Å²) in [4.78, 5) is 5.57. The summed E-state index contributed by atoms with van der Waals surface area (Å²) in [7, 11) is 0. The smallest absolute Gasteiger partial charge is 0.126 e. The van der Waals surface area contributed by atoms with E-state index in [-0.39, 0.29) is 0 Å². The largest absolute Gasteiger partial charge is 0.365 e. The number of thiophene rings is 1. The van der Waals surface area contributed by atoms with E-state index in [2.05, 4.69) is 28.7 Å². The Labute approximate surface area is 104 Å². The molecule has 0 bridgehead atoms. The Morgan fingerprint density at radius 3 is 2.94 bits per heavy atom. The SMILES string of the molecule is CCc1ccsc1CNc1ccc(Cl)cn1. The molecule has 0 saturated heterocycles. The molecule has 0 aliphatic carbocycles. The Kier molecular flexibility index (Phi) is 3.80. The fraction of sp³-hybridized carbons (Fsp3) is 0.250. The van der Waals surface area contributed by atoms with Gasteiger partial charge < -0.3 is 5.32 Å². The van der Waals surface area contributed by atoms with Gasteiger partial charge in [-0.2, -0.15) is 0 Å². The van der Waals surface area contributed by atoms with Gasteiger partial charge in [-0.15, -0.1) is 11.3 Å². The van der Waals surface area contributed by atoms with E-state index in [1.165, 1.54) is 10.4 Å². The van der Waals surface area contributed by atoms with Crippen molar-refractivity contribution in [3.8, 4) is 0 Å². The van der Waals surface area contributed by atoms with E-state index >= 15 is 0 Å². The monoisotopic (exact) mass is 252 g/mol. The van der Waals surface area contributed by atoms with E-state index in [0.29, 0.717) is 5.02 Å². The quantitative estimate of drug-likeness (QED) is 0.891. The number of aryl methyl sites for hydroxylation is 1. The highest BCUT2D eigenvalue weighted by molar-refractivity contribution is 7.10. The lowest BCUT2D eigenvalue weighted by Gasteiger charge is -2.05. The highest BCUT2D eigenvalue weighted by Gasteiger charge is 2.02. The summed E-state index contributed by atoms with van der Waals surface area (Å²) in [5.41, 5.74) is 1.41. The Morgan fingerprint density at radius 2 is 2.25 bits per heavy atom. The molecule has 0 fully saturated rings. The molecule has 0 amide bonds. The maximum absolute atomic E-state index is 5.77. The van der Waals surface area contributed by atoms with Crippen LogP contribution in [0.1, 0.15) is 17.4 Å². The van der Waals surface area contributed by atoms with Crippen LogP contribution < -0.4 is 5.32 Å². The maximum atomic E-state index is 5.77. The molecule has 0 saturated carbocycles. The van der Waals surface area contributed by atoms with Gasteiger partial charge in [-0.25, -0.2) is 4.98 Å². The second-order valence-corrected chi connectivity index (χ2v) is 4.87. The molecule has 0 spiro atoms. The van der Waals surface area contributed by atoms with Gasteiger partial charge >= 0.3 is 0 Å². The molecule has 0 aliphatic heterocycles. The summed E-state index contributed by atoms with van der Waals surface area (Å²) < 4.78 is 0. The second-order valence-electron chi connectivity index (χ2n) is 3.44. The summed E-state index contributed by atoms with van der Waals surface area (Å²) in [6.07, 6.45) is 2.73. The van der Waals surface area contributed by atoms with E-state index in [4.69, 9.17) is 11.6 Å². The van der Waals surface area contributed by atoms with E-state index in [1.54, 1.807) is 17.5 Å². The molecule has 1 N–H and O–H groups in total. The lowest BCUT2D eigenvalue weighted by Crippen LogP contribution is -2.01. The van der Waals surface area contributed by atoms with E-state index in [1.807, 2.05) is 12.1 Å². The predicted molar refractivity (Wildman–Crippen MR) is 70.3 cm³/mol. The number of pyridine rings is 1. The van der Waals surface area contributed by atoms with E-state index in [0.717, 1.165) is 18.8 Å². The van der Waals surface area contributed by atoms with Crippen LogP contribution in [0, 0.1) is 0 Å². The molecule has 2 nitrogen and oxygen atoms in total. The highest BCUT2D eigenvalue weighted by Crippen LogP contribution is 2.19. The summed E-state index contributed by atoms with van der Waals surface area (Å²) >= 11 is 7.55. The minimum Gasteiger partial charge on any atom is -0.365 e. The third kappa shape index (κ3) is 2.74. The number of halogens is 1. The molecule has 16 heavy (non-hydrogen) atoms. The van der Waals surface area contributed by atoms with Gasteiger partial charge in [-0.1, -0.05) is 18.5 Å². The fourth-order valence-electron chi connectivity index (χ4n) is 1.49. The van der Waals surface area contributed by atoms with Crippen molar-refractivity contribution in [1.82, 2.24) is 4.98 Å². The molecule has 4 heteroatoms. The zero-order valence-corrected chi connectivity index (χ0v) is 10.6. The van der Waals surface area contributed by atoms with Gasteiger partial charge in [-0.05, 0) is 35.6 Å². The minimum absolute atomic E-state index is 0.663. The van der Waals surface area contributed by atoms with Crippen LogP contribution in [0.25, 0.3) is 0 Å². The lowest BCUT2D eigenvalue weighted by atomic mass is 10.2. The van der Waals surface area contributed by atoms with Crippen molar-refractivity contribution in [3.05, 3.63) is 45.2 Å². The van der Waals surface area contributed by atoms with E-state index < -0.39 is 0 Å². The van der Waals surface area contributed by atoms with E-state index in [9.17, 15) is 0 Å². The molecule has 84 valence electrons. The third-order valence-corrected chi connectivity index (χ3v) is 3.56. The summed E-state index contributed by atoms with van der Waals surface area (Å²) in [6.45, 7) is 3.00. The summed E-state index contributed by atoms with van der Waals surface area (Å²) in [5.74, 6) is 0.861. The van der Waals surface area contributed by atoms with Crippen LogP contribution in [-0.4, -0.2) is 4.98 Å². The number of nitrogens with zero attached hydrogens (tertiary/aromatic N) is 1. The fourth-order valence-corrected chi connectivity index (χ4v) is 2.52. The zero-order chi connectivity index (χ0) is 11.4. The molecule has 2 aromatic rings. The Morgan fingerprint density at radius 1 is 1.38 bits per heavy atom. The van der Waals surface area contributed by atoms with Crippen molar-refractivity contribution < 1.29 is 0 Å². The minimum atomic E-state index is 0.663. The van der Waals surface area contributed by atoms with Crippen LogP contribution in [0.2, 0.25) is 5.02 Å². The summed E-state index contributed by atoms with van der Waals surface area (Å²) in [6, 6.07) is 5.91. The van der Waals surface area contributed by atoms with Crippen LogP contribution in [0.5, 0.6) is 0 Å². The first kappa shape index (κ1) is 11.4. The lowest BCUT2D eigenvalue weighted by molar-refractivity contribution is 1.07. The number of aromatic nitrogens is 1. The van der Waals surface area contributed by atoms with Crippen molar-refractivity contribution in [2.45, 2.75) is 19.9 Å². The zero-order valence-electron chi connectivity index (χ0n) is 9.03. The number of hydrogen-bond donors (Lipinski definition) is 1. The van der Waals surface area contributed by atoms with Crippen molar-refractivity contribution in [1.29, 1.82) is 0 Å². The second kappa shape index (κ2) is 5.32. The highest BCUT2D eigenvalue weighted by atomic mass is 35.5. The van der Waals surface area contributed by atoms with Crippen molar-refractivity contribution in [2.75, 3.05) is 5.32 Å². The van der Waals surface area contributed by atoms with Crippen LogP contribution in [-0.2, 0) is 13.0 Å². The van der Waals surface area contributed by atoms with Gasteiger partial charge in [0.2, 0.25) is 0 Å². The number of nitrogens with one attached hydrogen (secondary N) is 1. The molecule has 0 unspecified atom stereocenters. The molecule has 2 rings (SSSR count). The molecule has 2 aromatic heterocycles. The Bertz CT molecular complexity index is 450. The Hall–Kier alpha value is -1.06. The first-order valence-electron chi connectivity index (χ1n) is 5.20.